The molecule has 0 aliphatic rings. The van der Waals surface area contributed by atoms with Crippen molar-refractivity contribution in [1.29, 1.82) is 0 Å². The predicted octanol–water partition coefficient (Wildman–Crippen LogP) is 2.22. The van der Waals surface area contributed by atoms with E-state index in [9.17, 15) is 12.8 Å². The third kappa shape index (κ3) is 2.72. The van der Waals surface area contributed by atoms with E-state index in [-0.39, 0.29) is 5.82 Å². The van der Waals surface area contributed by atoms with Crippen molar-refractivity contribution in [3.63, 3.8) is 0 Å². The molecule has 1 N–H and O–H groups in total. The Morgan fingerprint density at radius 3 is 2.33 bits per heavy atom. The van der Waals surface area contributed by atoms with E-state index in [0.717, 1.165) is 5.56 Å². The fourth-order valence-corrected chi connectivity index (χ4v) is 2.69. The number of hydrogen-bond donors (Lipinski definition) is 1. The molecule has 0 aliphatic heterocycles. The number of halogens is 1. The van der Waals surface area contributed by atoms with Gasteiger partial charge in [0, 0.05) is 6.26 Å². The Morgan fingerprint density at radius 2 is 1.89 bits per heavy atom. The van der Waals surface area contributed by atoms with Crippen molar-refractivity contribution < 1.29 is 12.8 Å². The zero-order valence-corrected chi connectivity index (χ0v) is 12.2. The summed E-state index contributed by atoms with van der Waals surface area (Å²) in [4.78, 5) is 0. The number of sulfone groups is 1. The standard InChI is InChI=1S/C13H20FNO2S/c1-9-6-7-10(14)8-11(9)12(15-4)13(2,3)18(5,16)17/h6-8,12,15H,1-5H3. The molecule has 3 nitrogen and oxygen atoms in total. The summed E-state index contributed by atoms with van der Waals surface area (Å²) >= 11 is 0. The topological polar surface area (TPSA) is 46.2 Å². The van der Waals surface area contributed by atoms with E-state index in [1.165, 1.54) is 18.4 Å². The van der Waals surface area contributed by atoms with Crippen LogP contribution in [0.2, 0.25) is 0 Å². The predicted molar refractivity (Wildman–Crippen MR) is 71.9 cm³/mol. The van der Waals surface area contributed by atoms with Crippen LogP contribution >= 0.6 is 0 Å². The van der Waals surface area contributed by atoms with Crippen molar-refractivity contribution in [2.45, 2.75) is 31.6 Å². The molecule has 0 radical (unpaired) electrons. The molecule has 0 spiro atoms. The maximum Gasteiger partial charge on any atom is 0.154 e. The summed E-state index contributed by atoms with van der Waals surface area (Å²) in [5, 5.41) is 2.99. The minimum atomic E-state index is -3.28. The molecule has 0 fully saturated rings. The summed E-state index contributed by atoms with van der Waals surface area (Å²) < 4.78 is 36.1. The van der Waals surface area contributed by atoms with Crippen LogP contribution in [0, 0.1) is 12.7 Å². The number of nitrogens with one attached hydrogen (secondary N) is 1. The van der Waals surface area contributed by atoms with Crippen LogP contribution in [-0.4, -0.2) is 26.5 Å². The highest BCUT2D eigenvalue weighted by Gasteiger charge is 2.39. The van der Waals surface area contributed by atoms with Crippen LogP contribution < -0.4 is 5.32 Å². The average molecular weight is 273 g/mol. The van der Waals surface area contributed by atoms with Gasteiger partial charge in [0.15, 0.2) is 9.84 Å². The lowest BCUT2D eigenvalue weighted by atomic mass is 9.92. The molecule has 1 rings (SSSR count). The first-order valence-corrected chi connectivity index (χ1v) is 7.63. The van der Waals surface area contributed by atoms with Crippen LogP contribution in [0.4, 0.5) is 4.39 Å². The van der Waals surface area contributed by atoms with Gasteiger partial charge >= 0.3 is 0 Å². The first kappa shape index (κ1) is 15.1. The maximum absolute atomic E-state index is 13.4. The maximum atomic E-state index is 13.4. The summed E-state index contributed by atoms with van der Waals surface area (Å²) in [7, 11) is -1.59. The van der Waals surface area contributed by atoms with Crippen LogP contribution in [0.3, 0.4) is 0 Å². The molecule has 1 aromatic rings. The Hall–Kier alpha value is -0.940. The van der Waals surface area contributed by atoms with Crippen molar-refractivity contribution in [2.24, 2.45) is 0 Å². The summed E-state index contributed by atoms with van der Waals surface area (Å²) in [6, 6.07) is 3.97. The van der Waals surface area contributed by atoms with Crippen LogP contribution in [-0.2, 0) is 9.84 Å². The van der Waals surface area contributed by atoms with Crippen LogP contribution in [0.1, 0.15) is 31.0 Å². The lowest BCUT2D eigenvalue weighted by molar-refractivity contribution is 0.443. The Morgan fingerprint density at radius 1 is 1.33 bits per heavy atom. The summed E-state index contributed by atoms with van der Waals surface area (Å²) in [5.41, 5.74) is 1.54. The molecule has 0 aromatic heterocycles. The van der Waals surface area contributed by atoms with Crippen molar-refractivity contribution in [2.75, 3.05) is 13.3 Å². The Labute approximate surface area is 108 Å². The molecule has 1 unspecified atom stereocenters. The first-order chi connectivity index (χ1) is 8.11. The van der Waals surface area contributed by atoms with Gasteiger partial charge in [-0.2, -0.15) is 0 Å². The van der Waals surface area contributed by atoms with Gasteiger partial charge in [-0.05, 0) is 51.1 Å². The largest absolute Gasteiger partial charge is 0.312 e. The van der Waals surface area contributed by atoms with Crippen LogP contribution in [0.5, 0.6) is 0 Å². The summed E-state index contributed by atoms with van der Waals surface area (Å²) in [6.07, 6.45) is 1.20. The quantitative estimate of drug-likeness (QED) is 0.915. The molecule has 0 aliphatic carbocycles. The van der Waals surface area contributed by atoms with E-state index < -0.39 is 20.6 Å². The molecule has 18 heavy (non-hydrogen) atoms. The van der Waals surface area contributed by atoms with Crippen molar-refractivity contribution >= 4 is 9.84 Å². The van der Waals surface area contributed by atoms with Gasteiger partial charge in [0.05, 0.1) is 10.8 Å². The Bertz CT molecular complexity index is 538. The molecule has 1 atom stereocenters. The van der Waals surface area contributed by atoms with Gasteiger partial charge in [-0.15, -0.1) is 0 Å². The number of benzene rings is 1. The molecule has 0 saturated heterocycles. The minimum Gasteiger partial charge on any atom is -0.312 e. The highest BCUT2D eigenvalue weighted by Crippen LogP contribution is 2.33. The molecular weight excluding hydrogens is 253 g/mol. The van der Waals surface area contributed by atoms with Gasteiger partial charge in [-0.3, -0.25) is 0 Å². The molecule has 0 heterocycles. The molecule has 1 aromatic carbocycles. The van der Waals surface area contributed by atoms with E-state index in [2.05, 4.69) is 5.32 Å². The minimum absolute atomic E-state index is 0.361. The van der Waals surface area contributed by atoms with Crippen LogP contribution in [0.15, 0.2) is 18.2 Å². The molecule has 5 heteroatoms. The highest BCUT2D eigenvalue weighted by atomic mass is 32.2. The Kier molecular flexibility index (Phi) is 4.18. The lowest BCUT2D eigenvalue weighted by Crippen LogP contribution is -2.44. The molecule has 0 saturated carbocycles. The first-order valence-electron chi connectivity index (χ1n) is 5.74. The van der Waals surface area contributed by atoms with Gasteiger partial charge in [0.1, 0.15) is 5.82 Å². The van der Waals surface area contributed by atoms with Gasteiger partial charge in [-0.25, -0.2) is 12.8 Å². The van der Waals surface area contributed by atoms with Crippen molar-refractivity contribution in [3.05, 3.63) is 35.1 Å². The Balaban J connectivity index is 3.39. The van der Waals surface area contributed by atoms with E-state index in [4.69, 9.17) is 0 Å². The number of aryl methyl sites for hydroxylation is 1. The van der Waals surface area contributed by atoms with Crippen molar-refractivity contribution in [1.82, 2.24) is 5.32 Å². The lowest BCUT2D eigenvalue weighted by Gasteiger charge is -2.33. The van der Waals surface area contributed by atoms with Gasteiger partial charge in [-0.1, -0.05) is 6.07 Å². The zero-order valence-electron chi connectivity index (χ0n) is 11.4. The van der Waals surface area contributed by atoms with Crippen LogP contribution in [0.25, 0.3) is 0 Å². The number of rotatable bonds is 4. The fourth-order valence-electron chi connectivity index (χ4n) is 2.01. The smallest absolute Gasteiger partial charge is 0.154 e. The average Bonchev–Trinajstić information content (AvgIpc) is 2.22. The second-order valence-electron chi connectivity index (χ2n) is 5.10. The second-order valence-corrected chi connectivity index (χ2v) is 7.69. The fraction of sp³-hybridized carbons (Fsp3) is 0.538. The molecule has 0 amide bonds. The second kappa shape index (κ2) is 4.97. The highest BCUT2D eigenvalue weighted by molar-refractivity contribution is 7.92. The summed E-state index contributed by atoms with van der Waals surface area (Å²) in [5.74, 6) is -0.361. The SMILES string of the molecule is CNC(c1cc(F)ccc1C)C(C)(C)S(C)(=O)=O. The van der Waals surface area contributed by atoms with E-state index in [1.54, 1.807) is 27.0 Å². The molecular formula is C13H20FNO2S. The van der Waals surface area contributed by atoms with E-state index in [0.29, 0.717) is 5.56 Å². The monoisotopic (exact) mass is 273 g/mol. The van der Waals surface area contributed by atoms with E-state index in [1.807, 2.05) is 6.92 Å². The summed E-state index contributed by atoms with van der Waals surface area (Å²) in [6.45, 7) is 5.14. The van der Waals surface area contributed by atoms with E-state index >= 15 is 0 Å². The molecule has 102 valence electrons. The number of hydrogen-bond acceptors (Lipinski definition) is 3. The zero-order chi connectivity index (χ0) is 14.1. The third-order valence-electron chi connectivity index (χ3n) is 3.49. The van der Waals surface area contributed by atoms with Gasteiger partial charge < -0.3 is 5.32 Å². The normalized spacial score (nSPS) is 14.6. The molecule has 0 bridgehead atoms. The third-order valence-corrected chi connectivity index (χ3v) is 5.64. The van der Waals surface area contributed by atoms with Gasteiger partial charge in [0.2, 0.25) is 0 Å². The van der Waals surface area contributed by atoms with Crippen molar-refractivity contribution in [3.8, 4) is 0 Å². The van der Waals surface area contributed by atoms with Gasteiger partial charge in [0.25, 0.3) is 0 Å².